The second-order valence-electron chi connectivity index (χ2n) is 7.61. The van der Waals surface area contributed by atoms with E-state index in [0.717, 1.165) is 12.8 Å². The van der Waals surface area contributed by atoms with E-state index >= 15 is 0 Å². The zero-order valence-electron chi connectivity index (χ0n) is 15.0. The number of carbonyl (C=O) groups excluding carboxylic acids is 1. The molecule has 7 nitrogen and oxygen atoms in total. The first-order chi connectivity index (χ1) is 12.3. The summed E-state index contributed by atoms with van der Waals surface area (Å²) in [5, 5.41) is 17.4. The maximum absolute atomic E-state index is 12.8. The summed E-state index contributed by atoms with van der Waals surface area (Å²) in [6.45, 7) is 4.12. The first-order valence-corrected chi connectivity index (χ1v) is 9.70. The quantitative estimate of drug-likeness (QED) is 0.536. The van der Waals surface area contributed by atoms with Crippen molar-refractivity contribution in [1.82, 2.24) is 5.32 Å². The van der Waals surface area contributed by atoms with Gasteiger partial charge in [0.15, 0.2) is 0 Å². The molecule has 2 N–H and O–H groups in total. The van der Waals surface area contributed by atoms with Gasteiger partial charge in [-0.05, 0) is 57.6 Å². The van der Waals surface area contributed by atoms with Crippen LogP contribution in [0.25, 0.3) is 0 Å². The Morgan fingerprint density at radius 2 is 2.08 bits per heavy atom. The molecule has 0 unspecified atom stereocenters. The Labute approximate surface area is 161 Å². The van der Waals surface area contributed by atoms with E-state index < -0.39 is 10.5 Å². The highest BCUT2D eigenvalue weighted by molar-refractivity contribution is 9.10. The van der Waals surface area contributed by atoms with Crippen molar-refractivity contribution >= 4 is 33.2 Å². The number of nitro groups is 1. The number of nitro benzene ring substituents is 1. The highest BCUT2D eigenvalue weighted by atomic mass is 79.9. The van der Waals surface area contributed by atoms with Crippen LogP contribution in [0.5, 0.6) is 0 Å². The summed E-state index contributed by atoms with van der Waals surface area (Å²) >= 11 is 3.32. The van der Waals surface area contributed by atoms with Gasteiger partial charge in [-0.25, -0.2) is 0 Å². The van der Waals surface area contributed by atoms with Gasteiger partial charge in [-0.1, -0.05) is 15.9 Å². The molecule has 1 aliphatic carbocycles. The highest BCUT2D eigenvalue weighted by Gasteiger charge is 2.38. The predicted octanol–water partition coefficient (Wildman–Crippen LogP) is 3.62. The number of anilines is 1. The molecule has 2 aliphatic rings. The van der Waals surface area contributed by atoms with E-state index in [-0.39, 0.29) is 23.7 Å². The van der Waals surface area contributed by atoms with Crippen LogP contribution in [0.4, 0.5) is 11.4 Å². The number of hydrogen-bond donors (Lipinski definition) is 2. The molecule has 2 fully saturated rings. The van der Waals surface area contributed by atoms with Gasteiger partial charge in [0.25, 0.3) is 5.69 Å². The average molecular weight is 426 g/mol. The van der Waals surface area contributed by atoms with Crippen molar-refractivity contribution in [2.24, 2.45) is 5.92 Å². The zero-order chi connectivity index (χ0) is 18.9. The Morgan fingerprint density at radius 3 is 2.73 bits per heavy atom. The first kappa shape index (κ1) is 19.1. The lowest BCUT2D eigenvalue weighted by Gasteiger charge is -2.33. The first-order valence-electron chi connectivity index (χ1n) is 8.91. The van der Waals surface area contributed by atoms with E-state index in [1.807, 2.05) is 0 Å². The maximum atomic E-state index is 12.8. The molecule has 0 radical (unpaired) electrons. The van der Waals surface area contributed by atoms with Gasteiger partial charge in [0.2, 0.25) is 5.91 Å². The van der Waals surface area contributed by atoms with E-state index in [0.29, 0.717) is 22.7 Å². The van der Waals surface area contributed by atoms with Gasteiger partial charge in [0.1, 0.15) is 11.2 Å². The molecular weight excluding hydrogens is 402 g/mol. The fourth-order valence-electron chi connectivity index (χ4n) is 3.28. The van der Waals surface area contributed by atoms with Gasteiger partial charge in [0.05, 0.1) is 11.0 Å². The Kier molecular flexibility index (Phi) is 5.53. The number of rotatable bonds is 6. The van der Waals surface area contributed by atoms with Gasteiger partial charge in [-0.3, -0.25) is 14.9 Å². The summed E-state index contributed by atoms with van der Waals surface area (Å²) in [5.41, 5.74) is -0.736. The third kappa shape index (κ3) is 4.54. The molecule has 8 heteroatoms. The molecule has 1 aromatic carbocycles. The van der Waals surface area contributed by atoms with Gasteiger partial charge >= 0.3 is 0 Å². The molecule has 0 aromatic heterocycles. The van der Waals surface area contributed by atoms with E-state index in [2.05, 4.69) is 26.6 Å². The van der Waals surface area contributed by atoms with Crippen LogP contribution in [-0.2, 0) is 9.53 Å². The normalized spacial score (nSPS) is 23.3. The maximum Gasteiger partial charge on any atom is 0.292 e. The molecule has 26 heavy (non-hydrogen) atoms. The zero-order valence-corrected chi connectivity index (χ0v) is 16.5. The lowest BCUT2D eigenvalue weighted by molar-refractivity contribution is -0.384. The Hall–Kier alpha value is -1.67. The lowest BCUT2D eigenvalue weighted by Crippen LogP contribution is -2.53. The Morgan fingerprint density at radius 1 is 1.35 bits per heavy atom. The third-order valence-corrected chi connectivity index (χ3v) is 5.46. The molecule has 0 bridgehead atoms. The van der Waals surface area contributed by atoms with Crippen molar-refractivity contribution in [2.45, 2.75) is 57.2 Å². The van der Waals surface area contributed by atoms with Crippen LogP contribution < -0.4 is 10.6 Å². The van der Waals surface area contributed by atoms with Crippen molar-refractivity contribution in [1.29, 1.82) is 0 Å². The number of amides is 1. The van der Waals surface area contributed by atoms with Gasteiger partial charge in [-0.2, -0.15) is 0 Å². The summed E-state index contributed by atoms with van der Waals surface area (Å²) < 4.78 is 6.51. The summed E-state index contributed by atoms with van der Waals surface area (Å²) in [4.78, 5) is 23.6. The van der Waals surface area contributed by atoms with Crippen molar-refractivity contribution in [3.63, 3.8) is 0 Å². The predicted molar refractivity (Wildman–Crippen MR) is 102 cm³/mol. The molecule has 3 rings (SSSR count). The monoisotopic (exact) mass is 425 g/mol. The standard InChI is InChI=1S/C18H24BrN3O4/c1-18(2,21-14-9-12(19)5-6-15(14)22(24)25)17(23)20-13-7-8-26-16(10-13)11-3-4-11/h5-6,9,11,13,16,21H,3-4,7-8,10H2,1-2H3,(H,20,23)/t13-,16+/m1/s1. The summed E-state index contributed by atoms with van der Waals surface area (Å²) in [7, 11) is 0. The van der Waals surface area contributed by atoms with Crippen molar-refractivity contribution in [2.75, 3.05) is 11.9 Å². The molecule has 2 atom stereocenters. The van der Waals surface area contributed by atoms with Gasteiger partial charge in [0, 0.05) is 23.2 Å². The molecule has 1 aromatic rings. The van der Waals surface area contributed by atoms with E-state index in [9.17, 15) is 14.9 Å². The Bertz CT molecular complexity index is 706. The number of carbonyl (C=O) groups is 1. The van der Waals surface area contributed by atoms with Gasteiger partial charge in [-0.15, -0.1) is 0 Å². The Balaban J connectivity index is 1.66. The molecule has 1 saturated carbocycles. The minimum Gasteiger partial charge on any atom is -0.378 e. The molecule has 1 amide bonds. The molecule has 1 saturated heterocycles. The molecule has 1 heterocycles. The topological polar surface area (TPSA) is 93.5 Å². The summed E-state index contributed by atoms with van der Waals surface area (Å²) in [5.74, 6) is 0.471. The van der Waals surface area contributed by atoms with E-state index in [1.54, 1.807) is 26.0 Å². The van der Waals surface area contributed by atoms with Crippen LogP contribution in [0.2, 0.25) is 0 Å². The number of benzene rings is 1. The molecule has 0 spiro atoms. The van der Waals surface area contributed by atoms with Crippen LogP contribution >= 0.6 is 15.9 Å². The van der Waals surface area contributed by atoms with Crippen molar-refractivity contribution in [3.05, 3.63) is 32.8 Å². The van der Waals surface area contributed by atoms with Crippen LogP contribution in [-0.4, -0.2) is 35.1 Å². The second kappa shape index (κ2) is 7.52. The van der Waals surface area contributed by atoms with Crippen LogP contribution in [0.15, 0.2) is 22.7 Å². The fourth-order valence-corrected chi connectivity index (χ4v) is 3.64. The minimum absolute atomic E-state index is 0.0612. The molecule has 1 aliphatic heterocycles. The number of nitrogens with one attached hydrogen (secondary N) is 2. The summed E-state index contributed by atoms with van der Waals surface area (Å²) in [6.07, 6.45) is 4.30. The smallest absolute Gasteiger partial charge is 0.292 e. The van der Waals surface area contributed by atoms with Crippen molar-refractivity contribution < 1.29 is 14.5 Å². The minimum atomic E-state index is -0.987. The SMILES string of the molecule is CC(C)(Nc1cc(Br)ccc1[N+](=O)[O-])C(=O)N[C@@H]1CCO[C@H](C2CC2)C1. The third-order valence-electron chi connectivity index (χ3n) is 4.97. The van der Waals surface area contributed by atoms with Crippen LogP contribution in [0, 0.1) is 16.0 Å². The number of nitrogens with zero attached hydrogens (tertiary/aromatic N) is 1. The van der Waals surface area contributed by atoms with E-state index in [1.165, 1.54) is 18.9 Å². The molecule has 142 valence electrons. The number of hydrogen-bond acceptors (Lipinski definition) is 5. The second-order valence-corrected chi connectivity index (χ2v) is 8.53. The largest absolute Gasteiger partial charge is 0.378 e. The fraction of sp³-hybridized carbons (Fsp3) is 0.611. The van der Waals surface area contributed by atoms with Gasteiger partial charge < -0.3 is 15.4 Å². The van der Waals surface area contributed by atoms with Crippen LogP contribution in [0.1, 0.15) is 39.5 Å². The van der Waals surface area contributed by atoms with E-state index in [4.69, 9.17) is 4.74 Å². The highest BCUT2D eigenvalue weighted by Crippen LogP contribution is 2.38. The average Bonchev–Trinajstić information content (AvgIpc) is 3.39. The summed E-state index contributed by atoms with van der Waals surface area (Å²) in [6, 6.07) is 4.72. The number of ether oxygens (including phenoxy) is 1. The molecular formula is C18H24BrN3O4. The van der Waals surface area contributed by atoms with Crippen molar-refractivity contribution in [3.8, 4) is 0 Å². The lowest BCUT2D eigenvalue weighted by atomic mass is 9.97. The number of halogens is 1. The van der Waals surface area contributed by atoms with Crippen LogP contribution in [0.3, 0.4) is 0 Å².